The molecule has 0 aliphatic heterocycles. The number of nitrogens with zero attached hydrogens (tertiary/aromatic N) is 2. The van der Waals surface area contributed by atoms with Crippen molar-refractivity contribution in [3.05, 3.63) is 17.8 Å². The fraction of sp³-hybridized carbons (Fsp3) is 0.400. The molecule has 86 valence electrons. The fourth-order valence-electron chi connectivity index (χ4n) is 0.855. The number of rotatable bonds is 3. The second-order valence-corrected chi connectivity index (χ2v) is 3.40. The number of amides is 2. The van der Waals surface area contributed by atoms with Crippen molar-refractivity contribution in [3.8, 4) is 0 Å². The Kier molecular flexibility index (Phi) is 2.67. The van der Waals surface area contributed by atoms with Crippen molar-refractivity contribution in [2.45, 2.75) is 13.8 Å². The van der Waals surface area contributed by atoms with Crippen LogP contribution in [-0.2, 0) is 4.79 Å². The molecule has 16 heavy (non-hydrogen) atoms. The summed E-state index contributed by atoms with van der Waals surface area (Å²) in [7, 11) is 0. The maximum Gasteiger partial charge on any atom is 0.271 e. The van der Waals surface area contributed by atoms with Crippen LogP contribution < -0.4 is 10.6 Å². The highest BCUT2D eigenvalue weighted by Crippen LogP contribution is 2.04. The molecular weight excluding hydrogens is 208 g/mol. The Labute approximate surface area is 97.7 Å². The monoisotopic (exact) mass is 225 g/mol. The first-order chi connectivity index (χ1) is 8.69. The normalized spacial score (nSPS) is 13.6. The zero-order valence-corrected chi connectivity index (χ0v) is 8.94. The second kappa shape index (κ2) is 5.20. The third-order valence-corrected chi connectivity index (χ3v) is 1.79. The number of nitrogens with one attached hydrogen (secondary N) is 2. The van der Waals surface area contributed by atoms with Crippen LogP contribution in [0.4, 0.5) is 5.82 Å². The number of hydrogen-bond acceptors (Lipinski definition) is 4. The van der Waals surface area contributed by atoms with Gasteiger partial charge >= 0.3 is 0 Å². The SMILES string of the molecule is [2H]C([2H])([2H])NC(=O)c1ccc(NC(=O)C(C)C)nn1. The highest BCUT2D eigenvalue weighted by molar-refractivity contribution is 5.93. The van der Waals surface area contributed by atoms with Gasteiger partial charge in [-0.2, -0.15) is 0 Å². The molecule has 0 saturated heterocycles. The number of carbonyl (C=O) groups excluding carboxylic acids is 2. The number of carbonyl (C=O) groups is 2. The van der Waals surface area contributed by atoms with E-state index in [1.54, 1.807) is 19.2 Å². The van der Waals surface area contributed by atoms with Gasteiger partial charge in [-0.1, -0.05) is 13.8 Å². The minimum Gasteiger partial charge on any atom is -0.354 e. The van der Waals surface area contributed by atoms with Gasteiger partial charge in [-0.3, -0.25) is 9.59 Å². The van der Waals surface area contributed by atoms with E-state index < -0.39 is 12.9 Å². The minimum atomic E-state index is -2.58. The van der Waals surface area contributed by atoms with Gasteiger partial charge in [0.1, 0.15) is 0 Å². The molecule has 1 rings (SSSR count). The molecule has 2 N–H and O–H groups in total. The van der Waals surface area contributed by atoms with E-state index in [1.165, 1.54) is 12.1 Å². The molecule has 0 radical (unpaired) electrons. The van der Waals surface area contributed by atoms with E-state index in [1.807, 2.05) is 0 Å². The summed E-state index contributed by atoms with van der Waals surface area (Å²) in [5, 5.41) is 11.5. The highest BCUT2D eigenvalue weighted by atomic mass is 16.2. The molecule has 0 aromatic carbocycles. The van der Waals surface area contributed by atoms with E-state index in [2.05, 4.69) is 15.5 Å². The Morgan fingerprint density at radius 3 is 2.62 bits per heavy atom. The van der Waals surface area contributed by atoms with Crippen LogP contribution in [0, 0.1) is 5.92 Å². The Bertz CT molecular complexity index is 471. The van der Waals surface area contributed by atoms with Crippen molar-refractivity contribution in [1.29, 1.82) is 0 Å². The van der Waals surface area contributed by atoms with Gasteiger partial charge in [-0.25, -0.2) is 0 Å². The fourth-order valence-corrected chi connectivity index (χ4v) is 0.855. The smallest absolute Gasteiger partial charge is 0.271 e. The van der Waals surface area contributed by atoms with Crippen LogP contribution in [-0.4, -0.2) is 29.0 Å². The van der Waals surface area contributed by atoms with Crippen molar-refractivity contribution >= 4 is 17.6 Å². The van der Waals surface area contributed by atoms with Gasteiger partial charge in [-0.15, -0.1) is 10.2 Å². The van der Waals surface area contributed by atoms with Crippen LogP contribution >= 0.6 is 0 Å². The molecule has 1 aromatic heterocycles. The molecule has 1 aromatic rings. The van der Waals surface area contributed by atoms with Gasteiger partial charge in [0.2, 0.25) is 5.91 Å². The first-order valence-electron chi connectivity index (χ1n) is 6.16. The number of hydrogen-bond donors (Lipinski definition) is 2. The molecule has 0 bridgehead atoms. The van der Waals surface area contributed by atoms with Crippen LogP contribution in [0.15, 0.2) is 12.1 Å². The van der Waals surface area contributed by atoms with Crippen molar-refractivity contribution in [1.82, 2.24) is 15.5 Å². The molecule has 0 unspecified atom stereocenters. The van der Waals surface area contributed by atoms with Gasteiger partial charge < -0.3 is 10.6 Å². The average Bonchev–Trinajstić information content (AvgIpc) is 2.27. The topological polar surface area (TPSA) is 84.0 Å². The number of aromatic nitrogens is 2. The van der Waals surface area contributed by atoms with E-state index in [0.717, 1.165) is 0 Å². The maximum atomic E-state index is 11.4. The third-order valence-electron chi connectivity index (χ3n) is 1.79. The summed E-state index contributed by atoms with van der Waals surface area (Å²) >= 11 is 0. The van der Waals surface area contributed by atoms with Gasteiger partial charge in [0.05, 0.1) is 0 Å². The zero-order valence-electron chi connectivity index (χ0n) is 11.9. The van der Waals surface area contributed by atoms with Crippen molar-refractivity contribution in [3.63, 3.8) is 0 Å². The second-order valence-electron chi connectivity index (χ2n) is 3.40. The van der Waals surface area contributed by atoms with Crippen LogP contribution in [0.3, 0.4) is 0 Å². The summed E-state index contributed by atoms with van der Waals surface area (Å²) < 4.78 is 20.7. The first-order valence-corrected chi connectivity index (χ1v) is 4.66. The van der Waals surface area contributed by atoms with Crippen LogP contribution in [0.5, 0.6) is 0 Å². The Morgan fingerprint density at radius 1 is 1.38 bits per heavy atom. The van der Waals surface area contributed by atoms with E-state index in [4.69, 9.17) is 4.11 Å². The lowest BCUT2D eigenvalue weighted by molar-refractivity contribution is -0.118. The molecule has 0 aliphatic carbocycles. The summed E-state index contributed by atoms with van der Waals surface area (Å²) in [6.07, 6.45) is 0. The van der Waals surface area contributed by atoms with Gasteiger partial charge in [0, 0.05) is 17.0 Å². The van der Waals surface area contributed by atoms with E-state index in [-0.39, 0.29) is 23.3 Å². The molecule has 2 amide bonds. The lowest BCUT2D eigenvalue weighted by Gasteiger charge is -2.06. The van der Waals surface area contributed by atoms with Crippen molar-refractivity contribution in [2.24, 2.45) is 5.92 Å². The van der Waals surface area contributed by atoms with Crippen molar-refractivity contribution < 1.29 is 13.7 Å². The molecule has 6 nitrogen and oxygen atoms in total. The highest BCUT2D eigenvalue weighted by Gasteiger charge is 2.09. The molecule has 0 saturated carbocycles. The average molecular weight is 225 g/mol. The van der Waals surface area contributed by atoms with Crippen LogP contribution in [0.2, 0.25) is 0 Å². The van der Waals surface area contributed by atoms with Gasteiger partial charge in [0.15, 0.2) is 11.5 Å². The predicted octanol–water partition coefficient (Wildman–Crippen LogP) is 0.431. The first kappa shape index (κ1) is 8.20. The molecule has 6 heteroatoms. The summed E-state index contributed by atoms with van der Waals surface area (Å²) in [5.74, 6) is -1.09. The Hall–Kier alpha value is -1.98. The predicted molar refractivity (Wildman–Crippen MR) is 58.9 cm³/mol. The van der Waals surface area contributed by atoms with E-state index >= 15 is 0 Å². The molecular formula is C10H14N4O2. The molecule has 0 atom stereocenters. The lowest BCUT2D eigenvalue weighted by Crippen LogP contribution is -2.21. The molecule has 0 aliphatic rings. The van der Waals surface area contributed by atoms with Gasteiger partial charge in [-0.05, 0) is 12.1 Å². The summed E-state index contributed by atoms with van der Waals surface area (Å²) in [4.78, 5) is 22.8. The number of anilines is 1. The standard InChI is InChI=1S/C10H14N4O2/c1-6(2)9(15)12-8-5-4-7(13-14-8)10(16)11-3/h4-6H,1-3H3,(H,11,16)(H,12,14,15)/i3D3. The minimum absolute atomic E-state index is 0.140. The largest absolute Gasteiger partial charge is 0.354 e. The van der Waals surface area contributed by atoms with Gasteiger partial charge in [0.25, 0.3) is 5.91 Å². The Morgan fingerprint density at radius 2 is 2.12 bits per heavy atom. The lowest BCUT2D eigenvalue weighted by atomic mass is 10.2. The summed E-state index contributed by atoms with van der Waals surface area (Å²) in [6.45, 7) is 0.866. The maximum absolute atomic E-state index is 11.4. The van der Waals surface area contributed by atoms with Crippen molar-refractivity contribution in [2.75, 3.05) is 12.3 Å². The van der Waals surface area contributed by atoms with Crippen LogP contribution in [0.1, 0.15) is 28.4 Å². The zero-order chi connectivity index (χ0) is 14.6. The third kappa shape index (κ3) is 3.01. The molecule has 0 spiro atoms. The van der Waals surface area contributed by atoms with E-state index in [9.17, 15) is 9.59 Å². The molecule has 0 fully saturated rings. The summed E-state index contributed by atoms with van der Waals surface area (Å²) in [5.41, 5.74) is -0.140. The van der Waals surface area contributed by atoms with E-state index in [0.29, 0.717) is 0 Å². The summed E-state index contributed by atoms with van der Waals surface area (Å²) in [6, 6.07) is 2.66. The van der Waals surface area contributed by atoms with Crippen LogP contribution in [0.25, 0.3) is 0 Å². The molecule has 1 heterocycles. The Balaban J connectivity index is 2.71. The quantitative estimate of drug-likeness (QED) is 0.781.